The number of para-hydroxylation sites is 1. The van der Waals surface area contributed by atoms with E-state index in [1.165, 1.54) is 0 Å². The van der Waals surface area contributed by atoms with Crippen molar-refractivity contribution in [3.8, 4) is 17.2 Å². The fourth-order valence-corrected chi connectivity index (χ4v) is 4.99. The number of hydrogen-bond acceptors (Lipinski definition) is 6. The molecule has 0 unspecified atom stereocenters. The van der Waals surface area contributed by atoms with Gasteiger partial charge in [0.15, 0.2) is 22.3 Å². The highest BCUT2D eigenvalue weighted by Gasteiger charge is 2.59. The number of carbonyl (C=O) groups is 1. The summed E-state index contributed by atoms with van der Waals surface area (Å²) < 4.78 is 22.7. The summed E-state index contributed by atoms with van der Waals surface area (Å²) in [6.07, 6.45) is 0.670. The molecule has 2 aliphatic heterocycles. The second-order valence-electron chi connectivity index (χ2n) is 7.94. The Morgan fingerprint density at radius 3 is 2.66 bits per heavy atom. The van der Waals surface area contributed by atoms with Gasteiger partial charge in [-0.1, -0.05) is 24.3 Å². The molecule has 2 aromatic carbocycles. The maximum atomic E-state index is 13.1. The molecule has 2 aliphatic rings. The summed E-state index contributed by atoms with van der Waals surface area (Å²) in [5, 5.41) is 3.93. The number of esters is 1. The molecule has 1 saturated heterocycles. The number of thiocarbonyl (C=S) groups is 1. The molecular weight excluding hydrogens is 428 g/mol. The Morgan fingerprint density at radius 2 is 1.94 bits per heavy atom. The SMILES string of the molecule is CCOC(=O)[C@@H]1[C@H]2NC(=S)N(CCc3ccc(OC)c(OC)c3)[C@@]1(C)Oc1ccccc12. The minimum Gasteiger partial charge on any atom is -0.493 e. The smallest absolute Gasteiger partial charge is 0.317 e. The Balaban J connectivity index is 1.66. The van der Waals surface area contributed by atoms with Crippen LogP contribution in [-0.4, -0.2) is 49.1 Å². The van der Waals surface area contributed by atoms with Crippen LogP contribution in [0.25, 0.3) is 0 Å². The molecule has 0 aliphatic carbocycles. The number of rotatable bonds is 7. The normalized spacial score (nSPS) is 23.5. The van der Waals surface area contributed by atoms with Crippen LogP contribution in [0.2, 0.25) is 0 Å². The number of benzene rings is 2. The molecule has 3 atom stereocenters. The lowest BCUT2D eigenvalue weighted by molar-refractivity contribution is -0.175. The molecule has 1 fully saturated rings. The lowest BCUT2D eigenvalue weighted by Gasteiger charge is -2.55. The fraction of sp³-hybridized carbons (Fsp3) is 0.417. The van der Waals surface area contributed by atoms with Crippen LogP contribution < -0.4 is 19.5 Å². The summed E-state index contributed by atoms with van der Waals surface area (Å²) in [4.78, 5) is 15.0. The van der Waals surface area contributed by atoms with Crippen molar-refractivity contribution in [2.75, 3.05) is 27.4 Å². The Kier molecular flexibility index (Phi) is 6.15. The van der Waals surface area contributed by atoms with Crippen LogP contribution in [-0.2, 0) is 16.0 Å². The topological polar surface area (TPSA) is 69.3 Å². The first-order valence-electron chi connectivity index (χ1n) is 10.7. The van der Waals surface area contributed by atoms with E-state index in [9.17, 15) is 4.79 Å². The molecule has 1 N–H and O–H groups in total. The molecule has 2 bridgehead atoms. The second-order valence-corrected chi connectivity index (χ2v) is 8.33. The third-order valence-electron chi connectivity index (χ3n) is 6.15. The second kappa shape index (κ2) is 8.86. The molecule has 8 heteroatoms. The largest absolute Gasteiger partial charge is 0.493 e. The number of nitrogens with one attached hydrogen (secondary N) is 1. The van der Waals surface area contributed by atoms with Crippen LogP contribution in [0.4, 0.5) is 0 Å². The number of methoxy groups -OCH3 is 2. The van der Waals surface area contributed by atoms with Gasteiger partial charge in [-0.15, -0.1) is 0 Å². The number of fused-ring (bicyclic) bond motifs is 4. The zero-order chi connectivity index (χ0) is 22.9. The van der Waals surface area contributed by atoms with Crippen LogP contribution in [0, 0.1) is 5.92 Å². The van der Waals surface area contributed by atoms with Gasteiger partial charge < -0.3 is 29.2 Å². The first-order chi connectivity index (χ1) is 15.4. The van der Waals surface area contributed by atoms with Crippen LogP contribution in [0.15, 0.2) is 42.5 Å². The van der Waals surface area contributed by atoms with Crippen molar-refractivity contribution in [2.45, 2.75) is 32.0 Å². The van der Waals surface area contributed by atoms with Crippen molar-refractivity contribution >= 4 is 23.3 Å². The van der Waals surface area contributed by atoms with Gasteiger partial charge >= 0.3 is 5.97 Å². The van der Waals surface area contributed by atoms with E-state index >= 15 is 0 Å². The van der Waals surface area contributed by atoms with Gasteiger partial charge in [-0.2, -0.15) is 0 Å². The molecule has 170 valence electrons. The van der Waals surface area contributed by atoms with Gasteiger partial charge in [0.1, 0.15) is 11.7 Å². The van der Waals surface area contributed by atoms with Crippen LogP contribution >= 0.6 is 12.2 Å². The maximum absolute atomic E-state index is 13.1. The Hall–Kier alpha value is -3.00. The molecule has 0 aromatic heterocycles. The van der Waals surface area contributed by atoms with E-state index in [2.05, 4.69) is 5.32 Å². The fourth-order valence-electron chi connectivity index (χ4n) is 4.59. The lowest BCUT2D eigenvalue weighted by Crippen LogP contribution is -2.71. The average molecular weight is 457 g/mol. The van der Waals surface area contributed by atoms with Gasteiger partial charge in [0.05, 0.1) is 26.9 Å². The predicted octanol–water partition coefficient (Wildman–Crippen LogP) is 3.47. The van der Waals surface area contributed by atoms with E-state index < -0.39 is 11.6 Å². The molecular formula is C24H28N2O5S. The molecule has 0 spiro atoms. The molecule has 0 amide bonds. The van der Waals surface area contributed by atoms with Crippen LogP contribution in [0.3, 0.4) is 0 Å². The Morgan fingerprint density at radius 1 is 1.19 bits per heavy atom. The minimum atomic E-state index is -0.982. The summed E-state index contributed by atoms with van der Waals surface area (Å²) in [7, 11) is 3.23. The van der Waals surface area contributed by atoms with E-state index in [-0.39, 0.29) is 12.0 Å². The number of carbonyl (C=O) groups excluding carboxylic acids is 1. The van der Waals surface area contributed by atoms with Crippen LogP contribution in [0.1, 0.15) is 31.0 Å². The van der Waals surface area contributed by atoms with Crippen molar-refractivity contribution in [3.63, 3.8) is 0 Å². The van der Waals surface area contributed by atoms with E-state index in [0.717, 1.165) is 16.9 Å². The summed E-state index contributed by atoms with van der Waals surface area (Å²) in [5.74, 6) is 1.21. The van der Waals surface area contributed by atoms with E-state index in [0.29, 0.717) is 36.2 Å². The first kappa shape index (κ1) is 22.2. The van der Waals surface area contributed by atoms with Gasteiger partial charge in [-0.25, -0.2) is 0 Å². The highest BCUT2D eigenvalue weighted by Crippen LogP contribution is 2.48. The van der Waals surface area contributed by atoms with Crippen molar-refractivity contribution < 1.29 is 23.7 Å². The summed E-state index contributed by atoms with van der Waals surface area (Å²) >= 11 is 5.73. The van der Waals surface area contributed by atoms with Gasteiger partial charge in [0, 0.05) is 12.1 Å². The Bertz CT molecular complexity index is 1030. The summed E-state index contributed by atoms with van der Waals surface area (Å²) in [5.41, 5.74) is 0.981. The molecule has 0 radical (unpaired) electrons. The van der Waals surface area contributed by atoms with Gasteiger partial charge in [0.25, 0.3) is 0 Å². The lowest BCUT2D eigenvalue weighted by atomic mass is 9.79. The van der Waals surface area contributed by atoms with Crippen molar-refractivity contribution in [3.05, 3.63) is 53.6 Å². The summed E-state index contributed by atoms with van der Waals surface area (Å²) in [6.45, 7) is 4.57. The molecule has 4 rings (SSSR count). The monoisotopic (exact) mass is 456 g/mol. The zero-order valence-electron chi connectivity index (χ0n) is 18.7. The molecule has 7 nitrogen and oxygen atoms in total. The van der Waals surface area contributed by atoms with E-state index in [1.807, 2.05) is 54.3 Å². The highest BCUT2D eigenvalue weighted by atomic mass is 32.1. The molecule has 0 saturated carbocycles. The first-order valence-corrected chi connectivity index (χ1v) is 11.1. The number of ether oxygens (including phenoxy) is 4. The van der Waals surface area contributed by atoms with Crippen molar-refractivity contribution in [1.29, 1.82) is 0 Å². The summed E-state index contributed by atoms with van der Waals surface area (Å²) in [6, 6.07) is 13.3. The number of nitrogens with zero attached hydrogens (tertiary/aromatic N) is 1. The quantitative estimate of drug-likeness (QED) is 0.502. The molecule has 2 heterocycles. The van der Waals surface area contributed by atoms with Crippen LogP contribution in [0.5, 0.6) is 17.2 Å². The van der Waals surface area contributed by atoms with Crippen molar-refractivity contribution in [2.24, 2.45) is 5.92 Å². The minimum absolute atomic E-state index is 0.301. The van der Waals surface area contributed by atoms with Gasteiger partial charge in [0.2, 0.25) is 0 Å². The third-order valence-corrected chi connectivity index (χ3v) is 6.49. The van der Waals surface area contributed by atoms with Gasteiger partial charge in [-0.05, 0) is 56.2 Å². The third kappa shape index (κ3) is 3.72. The Labute approximate surface area is 193 Å². The zero-order valence-corrected chi connectivity index (χ0v) is 19.5. The van der Waals surface area contributed by atoms with E-state index in [4.69, 9.17) is 31.2 Å². The maximum Gasteiger partial charge on any atom is 0.317 e. The molecule has 32 heavy (non-hydrogen) atoms. The van der Waals surface area contributed by atoms with E-state index in [1.54, 1.807) is 21.1 Å². The van der Waals surface area contributed by atoms with Gasteiger partial charge in [-0.3, -0.25) is 4.79 Å². The molecule has 2 aromatic rings. The average Bonchev–Trinajstić information content (AvgIpc) is 2.78. The predicted molar refractivity (Wildman–Crippen MR) is 124 cm³/mol. The number of hydrogen-bond donors (Lipinski definition) is 1. The van der Waals surface area contributed by atoms with Crippen molar-refractivity contribution in [1.82, 2.24) is 10.2 Å². The standard InChI is InChI=1S/C24H28N2O5S/c1-5-30-22(27)20-21-16-8-6-7-9-17(16)31-24(20,2)26(23(32)25-21)13-12-15-10-11-18(28-3)19(14-15)29-4/h6-11,14,20-21H,5,12-13H2,1-4H3,(H,25,32)/t20-,21-,24-/m0/s1. The highest BCUT2D eigenvalue weighted by molar-refractivity contribution is 7.80.